The monoisotopic (exact) mass is 221 g/mol. The first-order chi connectivity index (χ1) is 7.42. The van der Waals surface area contributed by atoms with Gasteiger partial charge in [-0.05, 0) is 18.9 Å². The van der Waals surface area contributed by atoms with Crippen LogP contribution in [0.15, 0.2) is 29.6 Å². The Kier molecular flexibility index (Phi) is 3.59. The fourth-order valence-electron chi connectivity index (χ4n) is 1.57. The highest BCUT2D eigenvalue weighted by Gasteiger charge is 2.01. The Morgan fingerprint density at radius 2 is 2.07 bits per heavy atom. The van der Waals surface area contributed by atoms with Gasteiger partial charge in [-0.25, -0.2) is 0 Å². The predicted octanol–water partition coefficient (Wildman–Crippen LogP) is 3.09. The van der Waals surface area contributed by atoms with Gasteiger partial charge < -0.3 is 10.4 Å². The van der Waals surface area contributed by atoms with E-state index in [0.717, 1.165) is 19.4 Å². The van der Waals surface area contributed by atoms with Gasteiger partial charge in [0.1, 0.15) is 0 Å². The molecule has 3 heteroatoms. The molecule has 0 aliphatic rings. The molecule has 2 rings (SSSR count). The third-order valence-corrected chi connectivity index (χ3v) is 3.34. The van der Waals surface area contributed by atoms with Crippen LogP contribution in [0.3, 0.4) is 0 Å². The quantitative estimate of drug-likeness (QED) is 0.760. The smallest absolute Gasteiger partial charge is 0.0528 e. The molecule has 0 saturated carbocycles. The van der Waals surface area contributed by atoms with Crippen LogP contribution >= 0.6 is 11.3 Å². The van der Waals surface area contributed by atoms with Crippen molar-refractivity contribution in [1.82, 2.24) is 0 Å². The van der Waals surface area contributed by atoms with Crippen LogP contribution in [0.2, 0.25) is 0 Å². The average molecular weight is 221 g/mol. The molecule has 0 unspecified atom stereocenters. The third-order valence-electron chi connectivity index (χ3n) is 2.38. The highest BCUT2D eigenvalue weighted by Crippen LogP contribution is 2.29. The molecule has 0 radical (unpaired) electrons. The van der Waals surface area contributed by atoms with E-state index in [-0.39, 0.29) is 6.61 Å². The molecule has 0 bridgehead atoms. The van der Waals surface area contributed by atoms with Gasteiger partial charge in [0.15, 0.2) is 0 Å². The molecule has 0 aliphatic carbocycles. The SMILES string of the molecule is OCCCCNc1csc2ccccc12. The van der Waals surface area contributed by atoms with Crippen molar-refractivity contribution in [2.24, 2.45) is 0 Å². The maximum absolute atomic E-state index is 8.67. The lowest BCUT2D eigenvalue weighted by atomic mass is 10.2. The van der Waals surface area contributed by atoms with Crippen molar-refractivity contribution in [2.45, 2.75) is 12.8 Å². The van der Waals surface area contributed by atoms with E-state index in [0.29, 0.717) is 0 Å². The lowest BCUT2D eigenvalue weighted by Crippen LogP contribution is -2.01. The first-order valence-corrected chi connectivity index (χ1v) is 6.11. The molecule has 15 heavy (non-hydrogen) atoms. The van der Waals surface area contributed by atoms with Gasteiger partial charge in [0.05, 0.1) is 5.69 Å². The van der Waals surface area contributed by atoms with Gasteiger partial charge in [-0.15, -0.1) is 11.3 Å². The van der Waals surface area contributed by atoms with E-state index in [4.69, 9.17) is 5.11 Å². The molecule has 1 aromatic heterocycles. The molecule has 1 aromatic carbocycles. The van der Waals surface area contributed by atoms with Crippen LogP contribution in [0.1, 0.15) is 12.8 Å². The van der Waals surface area contributed by atoms with E-state index >= 15 is 0 Å². The summed E-state index contributed by atoms with van der Waals surface area (Å²) in [5.41, 5.74) is 1.22. The minimum absolute atomic E-state index is 0.284. The molecule has 2 nitrogen and oxygen atoms in total. The largest absolute Gasteiger partial charge is 0.396 e. The second kappa shape index (κ2) is 5.14. The highest BCUT2D eigenvalue weighted by molar-refractivity contribution is 7.17. The van der Waals surface area contributed by atoms with Crippen LogP contribution in [0.4, 0.5) is 5.69 Å². The number of unbranched alkanes of at least 4 members (excludes halogenated alkanes) is 1. The molecular formula is C12H15NOS. The summed E-state index contributed by atoms with van der Waals surface area (Å²) in [4.78, 5) is 0. The van der Waals surface area contributed by atoms with Crippen LogP contribution in [0, 0.1) is 0 Å². The molecule has 0 spiro atoms. The number of aliphatic hydroxyl groups is 1. The number of anilines is 1. The number of fused-ring (bicyclic) bond motifs is 1. The summed E-state index contributed by atoms with van der Waals surface area (Å²) in [6.07, 6.45) is 1.88. The topological polar surface area (TPSA) is 32.3 Å². The zero-order valence-electron chi connectivity index (χ0n) is 8.57. The van der Waals surface area contributed by atoms with E-state index in [2.05, 4.69) is 35.0 Å². The molecule has 0 amide bonds. The second-order valence-corrected chi connectivity index (χ2v) is 4.41. The number of benzene rings is 1. The molecule has 2 aromatic rings. The van der Waals surface area contributed by atoms with Gasteiger partial charge >= 0.3 is 0 Å². The summed E-state index contributed by atoms with van der Waals surface area (Å²) >= 11 is 1.77. The van der Waals surface area contributed by atoms with Crippen molar-refractivity contribution in [2.75, 3.05) is 18.5 Å². The Morgan fingerprint density at radius 3 is 2.93 bits per heavy atom. The lowest BCUT2D eigenvalue weighted by Gasteiger charge is -2.03. The Bertz CT molecular complexity index is 424. The summed E-state index contributed by atoms with van der Waals surface area (Å²) < 4.78 is 1.32. The van der Waals surface area contributed by atoms with E-state index < -0.39 is 0 Å². The lowest BCUT2D eigenvalue weighted by molar-refractivity contribution is 0.286. The van der Waals surface area contributed by atoms with Crippen molar-refractivity contribution in [3.05, 3.63) is 29.6 Å². The van der Waals surface area contributed by atoms with Gasteiger partial charge in [0.25, 0.3) is 0 Å². The van der Waals surface area contributed by atoms with E-state index in [1.807, 2.05) is 0 Å². The normalized spacial score (nSPS) is 10.7. The van der Waals surface area contributed by atoms with Crippen molar-refractivity contribution in [3.8, 4) is 0 Å². The maximum Gasteiger partial charge on any atom is 0.0528 e. The maximum atomic E-state index is 8.67. The number of rotatable bonds is 5. The molecule has 0 aliphatic heterocycles. The van der Waals surface area contributed by atoms with Gasteiger partial charge in [-0.2, -0.15) is 0 Å². The Labute approximate surface area is 93.6 Å². The summed E-state index contributed by atoms with van der Waals surface area (Å²) in [6, 6.07) is 8.40. The number of hydrogen-bond donors (Lipinski definition) is 2. The number of hydrogen-bond acceptors (Lipinski definition) is 3. The fourth-order valence-corrected chi connectivity index (χ4v) is 2.49. The Balaban J connectivity index is 2.02. The highest BCUT2D eigenvalue weighted by atomic mass is 32.1. The van der Waals surface area contributed by atoms with E-state index in [1.54, 1.807) is 11.3 Å². The van der Waals surface area contributed by atoms with Gasteiger partial charge in [-0.1, -0.05) is 18.2 Å². The Morgan fingerprint density at radius 1 is 1.20 bits per heavy atom. The molecular weight excluding hydrogens is 206 g/mol. The third kappa shape index (κ3) is 2.49. The van der Waals surface area contributed by atoms with Gasteiger partial charge in [0, 0.05) is 28.6 Å². The second-order valence-electron chi connectivity index (χ2n) is 3.50. The summed E-state index contributed by atoms with van der Waals surface area (Å²) in [5.74, 6) is 0. The zero-order chi connectivity index (χ0) is 10.5. The molecule has 80 valence electrons. The van der Waals surface area contributed by atoms with Crippen LogP contribution in [-0.4, -0.2) is 18.3 Å². The van der Waals surface area contributed by atoms with E-state index in [9.17, 15) is 0 Å². The summed E-state index contributed by atoms with van der Waals surface area (Å²) in [6.45, 7) is 1.22. The number of aliphatic hydroxyl groups excluding tert-OH is 1. The van der Waals surface area contributed by atoms with Crippen molar-refractivity contribution < 1.29 is 5.11 Å². The van der Waals surface area contributed by atoms with Crippen LogP contribution < -0.4 is 5.32 Å². The molecule has 0 atom stereocenters. The molecule has 2 N–H and O–H groups in total. The summed E-state index contributed by atoms with van der Waals surface area (Å²) in [7, 11) is 0. The minimum Gasteiger partial charge on any atom is -0.396 e. The Hall–Kier alpha value is -1.06. The zero-order valence-corrected chi connectivity index (χ0v) is 9.39. The van der Waals surface area contributed by atoms with Crippen LogP contribution in [-0.2, 0) is 0 Å². The first-order valence-electron chi connectivity index (χ1n) is 5.23. The number of nitrogens with one attached hydrogen (secondary N) is 1. The fraction of sp³-hybridized carbons (Fsp3) is 0.333. The minimum atomic E-state index is 0.284. The standard InChI is InChI=1S/C12H15NOS/c14-8-4-3-7-13-11-9-15-12-6-2-1-5-10(11)12/h1-2,5-6,9,13-14H,3-4,7-8H2. The molecule has 1 heterocycles. The van der Waals surface area contributed by atoms with Crippen LogP contribution in [0.25, 0.3) is 10.1 Å². The van der Waals surface area contributed by atoms with Crippen molar-refractivity contribution in [3.63, 3.8) is 0 Å². The van der Waals surface area contributed by atoms with Crippen LogP contribution in [0.5, 0.6) is 0 Å². The first kappa shape index (κ1) is 10.5. The van der Waals surface area contributed by atoms with Gasteiger partial charge in [-0.3, -0.25) is 0 Å². The summed E-state index contributed by atoms with van der Waals surface area (Å²) in [5, 5.41) is 15.5. The number of thiophene rings is 1. The van der Waals surface area contributed by atoms with Crippen molar-refractivity contribution >= 4 is 27.1 Å². The van der Waals surface area contributed by atoms with Gasteiger partial charge in [0.2, 0.25) is 0 Å². The van der Waals surface area contributed by atoms with Crippen molar-refractivity contribution in [1.29, 1.82) is 0 Å². The predicted molar refractivity (Wildman–Crippen MR) is 66.6 cm³/mol. The average Bonchev–Trinajstić information content (AvgIpc) is 2.68. The molecule has 0 saturated heterocycles. The molecule has 0 fully saturated rings. The van der Waals surface area contributed by atoms with E-state index in [1.165, 1.54) is 15.8 Å².